The molecule has 2 aromatic heterocycles. The predicted molar refractivity (Wildman–Crippen MR) is 113 cm³/mol. The molecule has 1 amide bonds. The first-order valence-electron chi connectivity index (χ1n) is 8.13. The lowest BCUT2D eigenvalue weighted by atomic mass is 10.2. The van der Waals surface area contributed by atoms with Crippen molar-refractivity contribution in [3.05, 3.63) is 52.2 Å². The van der Waals surface area contributed by atoms with E-state index >= 15 is 0 Å². The minimum absolute atomic E-state index is 0.00924. The number of hydrogen-bond acceptors (Lipinski definition) is 9. The third kappa shape index (κ3) is 5.62. The van der Waals surface area contributed by atoms with Crippen LogP contribution in [0, 0.1) is 11.3 Å². The fraction of sp³-hybridized carbons (Fsp3) is 0.176. The Bertz CT molecular complexity index is 1120. The number of nitriles is 1. The van der Waals surface area contributed by atoms with Crippen molar-refractivity contribution >= 4 is 55.5 Å². The van der Waals surface area contributed by atoms with Crippen LogP contribution in [0.2, 0.25) is 0 Å². The molecule has 0 aliphatic heterocycles. The van der Waals surface area contributed by atoms with E-state index in [1.54, 1.807) is 11.3 Å². The van der Waals surface area contributed by atoms with Crippen LogP contribution in [0.5, 0.6) is 0 Å². The van der Waals surface area contributed by atoms with Gasteiger partial charge in [-0.15, -0.1) is 21.5 Å². The number of likely N-dealkylation sites (N-methyl/N-ethyl adjacent to an activating group) is 1. The van der Waals surface area contributed by atoms with Crippen molar-refractivity contribution < 1.29 is 13.2 Å². The Balaban J connectivity index is 1.56. The lowest BCUT2D eigenvalue weighted by Crippen LogP contribution is -2.34. The van der Waals surface area contributed by atoms with E-state index in [1.807, 2.05) is 23.6 Å². The summed E-state index contributed by atoms with van der Waals surface area (Å²) in [5, 5.41) is 21.6. The molecule has 12 heteroatoms. The summed E-state index contributed by atoms with van der Waals surface area (Å²) in [6.45, 7) is -0.375. The van der Waals surface area contributed by atoms with Gasteiger partial charge in [-0.2, -0.15) is 9.57 Å². The number of rotatable bonds is 8. The number of thiophene rings is 1. The maximum Gasteiger partial charge on any atom is 0.243 e. The maximum absolute atomic E-state index is 12.6. The number of thioether (sulfide) groups is 1. The number of nitrogens with one attached hydrogen (secondary N) is 1. The monoisotopic (exact) mass is 465 g/mol. The van der Waals surface area contributed by atoms with E-state index < -0.39 is 15.9 Å². The fourth-order valence-electron chi connectivity index (χ4n) is 2.17. The van der Waals surface area contributed by atoms with E-state index in [9.17, 15) is 13.2 Å². The highest BCUT2D eigenvalue weighted by atomic mass is 32.2. The van der Waals surface area contributed by atoms with Crippen LogP contribution in [-0.2, 0) is 20.6 Å². The Labute approximate surface area is 180 Å². The van der Waals surface area contributed by atoms with Gasteiger partial charge in [-0.25, -0.2) is 8.42 Å². The van der Waals surface area contributed by atoms with Crippen molar-refractivity contribution in [3.63, 3.8) is 0 Å². The smallest absolute Gasteiger partial charge is 0.243 e. The summed E-state index contributed by atoms with van der Waals surface area (Å²) in [4.78, 5) is 13.5. The Hall–Kier alpha value is -2.30. The number of hydrogen-bond donors (Lipinski definition) is 1. The minimum Gasteiger partial charge on any atom is -0.299 e. The lowest BCUT2D eigenvalue weighted by molar-refractivity contribution is -0.116. The largest absolute Gasteiger partial charge is 0.299 e. The Morgan fingerprint density at radius 2 is 2.03 bits per heavy atom. The van der Waals surface area contributed by atoms with Crippen LogP contribution in [-0.4, -0.2) is 42.4 Å². The summed E-state index contributed by atoms with van der Waals surface area (Å²) in [5.74, 6) is 0.252. The summed E-state index contributed by atoms with van der Waals surface area (Å²) in [6.07, 6.45) is 0. The fourth-order valence-corrected chi connectivity index (χ4v) is 5.84. The average Bonchev–Trinajstić information content (AvgIpc) is 3.38. The molecule has 0 atom stereocenters. The number of aromatic nitrogens is 2. The van der Waals surface area contributed by atoms with Crippen molar-refractivity contribution in [3.8, 4) is 6.07 Å². The third-order valence-electron chi connectivity index (χ3n) is 3.63. The van der Waals surface area contributed by atoms with Crippen LogP contribution in [0.25, 0.3) is 0 Å². The molecule has 0 radical (unpaired) electrons. The highest BCUT2D eigenvalue weighted by Crippen LogP contribution is 2.29. The number of benzene rings is 1. The number of anilines is 1. The summed E-state index contributed by atoms with van der Waals surface area (Å²) in [6, 6.07) is 11.4. The van der Waals surface area contributed by atoms with Gasteiger partial charge < -0.3 is 0 Å². The van der Waals surface area contributed by atoms with E-state index in [1.165, 1.54) is 59.3 Å². The van der Waals surface area contributed by atoms with Crippen molar-refractivity contribution in [2.24, 2.45) is 0 Å². The molecular formula is C17H15N5O3S4. The molecule has 3 rings (SSSR count). The van der Waals surface area contributed by atoms with E-state index in [2.05, 4.69) is 15.5 Å². The molecule has 0 saturated carbocycles. The molecule has 8 nitrogen and oxygen atoms in total. The van der Waals surface area contributed by atoms with Crippen molar-refractivity contribution in [2.45, 2.75) is 15.0 Å². The molecule has 0 aliphatic rings. The molecule has 0 bridgehead atoms. The molecule has 1 aromatic carbocycles. The van der Waals surface area contributed by atoms with Crippen LogP contribution in [0.1, 0.15) is 10.4 Å². The van der Waals surface area contributed by atoms with E-state index in [0.29, 0.717) is 15.0 Å². The Kier molecular flexibility index (Phi) is 6.99. The van der Waals surface area contributed by atoms with Crippen LogP contribution in [0.4, 0.5) is 5.13 Å². The number of nitrogens with zero attached hydrogens (tertiary/aromatic N) is 4. The first-order chi connectivity index (χ1) is 13.9. The van der Waals surface area contributed by atoms with Crippen molar-refractivity contribution in [1.82, 2.24) is 14.5 Å². The molecule has 0 unspecified atom stereocenters. The van der Waals surface area contributed by atoms with E-state index in [0.717, 1.165) is 10.1 Å². The van der Waals surface area contributed by atoms with Gasteiger partial charge in [0, 0.05) is 17.7 Å². The molecule has 29 heavy (non-hydrogen) atoms. The van der Waals surface area contributed by atoms with Crippen molar-refractivity contribution in [2.75, 3.05) is 18.9 Å². The molecule has 0 spiro atoms. The first kappa shape index (κ1) is 21.4. The van der Waals surface area contributed by atoms with Gasteiger partial charge in [0.25, 0.3) is 0 Å². The zero-order chi connectivity index (χ0) is 20.9. The molecular weight excluding hydrogens is 450 g/mol. The Morgan fingerprint density at radius 1 is 1.28 bits per heavy atom. The first-order valence-corrected chi connectivity index (χ1v) is 12.3. The topological polar surface area (TPSA) is 116 Å². The van der Waals surface area contributed by atoms with Gasteiger partial charge in [-0.3, -0.25) is 10.1 Å². The quantitative estimate of drug-likeness (QED) is 0.401. The van der Waals surface area contributed by atoms with Crippen LogP contribution in [0.15, 0.2) is 51.0 Å². The van der Waals surface area contributed by atoms with Gasteiger partial charge in [0.1, 0.15) is 0 Å². The SMILES string of the molecule is CN(CC(=O)Nc1nnc(SCc2cccs2)s1)S(=O)(=O)c1ccc(C#N)cc1. The molecule has 3 aromatic rings. The lowest BCUT2D eigenvalue weighted by Gasteiger charge is -2.16. The second-order valence-electron chi connectivity index (χ2n) is 5.69. The van der Waals surface area contributed by atoms with Gasteiger partial charge in [-0.1, -0.05) is 29.2 Å². The van der Waals surface area contributed by atoms with Crippen molar-refractivity contribution in [1.29, 1.82) is 5.26 Å². The highest BCUT2D eigenvalue weighted by Gasteiger charge is 2.23. The Morgan fingerprint density at radius 3 is 2.69 bits per heavy atom. The van der Waals surface area contributed by atoms with Crippen LogP contribution in [0.3, 0.4) is 0 Å². The van der Waals surface area contributed by atoms with E-state index in [4.69, 9.17) is 5.26 Å². The summed E-state index contributed by atoms with van der Waals surface area (Å²) >= 11 is 4.41. The number of carbonyl (C=O) groups is 1. The normalized spacial score (nSPS) is 11.3. The maximum atomic E-state index is 12.6. The minimum atomic E-state index is -3.85. The molecule has 2 heterocycles. The van der Waals surface area contributed by atoms with Gasteiger partial charge in [0.15, 0.2) is 4.34 Å². The predicted octanol–water partition coefficient (Wildman–Crippen LogP) is 3.02. The molecule has 0 saturated heterocycles. The summed E-state index contributed by atoms with van der Waals surface area (Å²) < 4.78 is 26.8. The highest BCUT2D eigenvalue weighted by molar-refractivity contribution is 8.00. The number of sulfonamides is 1. The molecule has 0 aliphatic carbocycles. The second-order valence-corrected chi connectivity index (χ2v) is 11.0. The summed E-state index contributed by atoms with van der Waals surface area (Å²) in [5.41, 5.74) is 0.355. The molecule has 0 fully saturated rings. The second kappa shape index (κ2) is 9.47. The van der Waals surface area contributed by atoms with Gasteiger partial charge in [0.05, 0.1) is 23.1 Å². The van der Waals surface area contributed by atoms with E-state index in [-0.39, 0.29) is 11.4 Å². The van der Waals surface area contributed by atoms with Crippen LogP contribution < -0.4 is 5.32 Å². The third-order valence-corrected chi connectivity index (χ3v) is 8.53. The standard InChI is InChI=1S/C17H15N5O3S4/c1-22(29(24,25)14-6-4-12(9-18)5-7-14)10-15(23)19-16-20-21-17(28-16)27-11-13-3-2-8-26-13/h2-8H,10-11H2,1H3,(H,19,20,23). The summed E-state index contributed by atoms with van der Waals surface area (Å²) in [7, 11) is -2.54. The molecule has 1 N–H and O–H groups in total. The average molecular weight is 466 g/mol. The van der Waals surface area contributed by atoms with Gasteiger partial charge in [0.2, 0.25) is 21.1 Å². The van der Waals surface area contributed by atoms with Crippen LogP contribution >= 0.6 is 34.4 Å². The number of amides is 1. The molecule has 150 valence electrons. The number of carbonyl (C=O) groups excluding carboxylic acids is 1. The van der Waals surface area contributed by atoms with Gasteiger partial charge >= 0.3 is 0 Å². The zero-order valence-corrected chi connectivity index (χ0v) is 18.4. The zero-order valence-electron chi connectivity index (χ0n) is 15.1. The van der Waals surface area contributed by atoms with Gasteiger partial charge in [-0.05, 0) is 35.7 Å².